The van der Waals surface area contributed by atoms with Crippen LogP contribution in [-0.2, 0) is 9.53 Å². The average molecular weight is 345 g/mol. The number of ether oxygens (including phenoxy) is 1. The Hall–Kier alpha value is -1.96. The van der Waals surface area contributed by atoms with Crippen molar-refractivity contribution in [3.63, 3.8) is 0 Å². The molecule has 108 valence electrons. The Morgan fingerprint density at radius 1 is 1.50 bits per heavy atom. The number of amides is 1. The molecule has 0 aliphatic carbocycles. The molecule has 0 spiro atoms. The first-order valence-electron chi connectivity index (χ1n) is 5.62. The number of carbonyl (C=O) groups excluding carboxylic acids is 2. The molecule has 1 N–H and O–H groups in total. The van der Waals surface area contributed by atoms with Gasteiger partial charge in [-0.2, -0.15) is 0 Å². The van der Waals surface area contributed by atoms with Crippen molar-refractivity contribution in [3.8, 4) is 0 Å². The highest BCUT2D eigenvalue weighted by Crippen LogP contribution is 2.21. The second-order valence-electron chi connectivity index (χ2n) is 3.93. The van der Waals surface area contributed by atoms with Gasteiger partial charge in [0.1, 0.15) is 10.4 Å². The third-order valence-electron chi connectivity index (χ3n) is 2.57. The van der Waals surface area contributed by atoms with Gasteiger partial charge in [0, 0.05) is 12.6 Å². The standard InChI is InChI=1S/C12H13BrN2O5/c1-7-4-3-5-9(15(18)19)10(7)11(16)14-6-8(13)12(17)20-2/h3-5,8H,6H2,1-2H3,(H,14,16). The van der Waals surface area contributed by atoms with E-state index in [1.165, 1.54) is 19.2 Å². The summed E-state index contributed by atoms with van der Waals surface area (Å²) in [6.07, 6.45) is 0. The fourth-order valence-corrected chi connectivity index (χ4v) is 1.93. The number of esters is 1. The highest BCUT2D eigenvalue weighted by molar-refractivity contribution is 9.10. The van der Waals surface area contributed by atoms with E-state index in [4.69, 9.17) is 0 Å². The molecule has 7 nitrogen and oxygen atoms in total. The molecule has 0 aromatic heterocycles. The van der Waals surface area contributed by atoms with Gasteiger partial charge in [-0.25, -0.2) is 0 Å². The number of aryl methyl sites for hydroxylation is 1. The van der Waals surface area contributed by atoms with E-state index < -0.39 is 21.6 Å². The summed E-state index contributed by atoms with van der Waals surface area (Å²) in [4.78, 5) is 32.8. The van der Waals surface area contributed by atoms with E-state index in [0.717, 1.165) is 0 Å². The van der Waals surface area contributed by atoms with Crippen LogP contribution < -0.4 is 5.32 Å². The van der Waals surface area contributed by atoms with Crippen LogP contribution in [0, 0.1) is 17.0 Å². The summed E-state index contributed by atoms with van der Waals surface area (Å²) in [7, 11) is 1.23. The maximum Gasteiger partial charge on any atom is 0.321 e. The quantitative estimate of drug-likeness (QED) is 0.378. The van der Waals surface area contributed by atoms with Crippen LogP contribution in [0.1, 0.15) is 15.9 Å². The smallest absolute Gasteiger partial charge is 0.321 e. The summed E-state index contributed by atoms with van der Waals surface area (Å²) in [6.45, 7) is 1.57. The number of nitrogens with one attached hydrogen (secondary N) is 1. The van der Waals surface area contributed by atoms with Gasteiger partial charge in [0.15, 0.2) is 0 Å². The summed E-state index contributed by atoms with van der Waals surface area (Å²) < 4.78 is 4.49. The molecule has 1 aromatic carbocycles. The second kappa shape index (κ2) is 6.99. The number of carbonyl (C=O) groups is 2. The average Bonchev–Trinajstić information content (AvgIpc) is 2.42. The molecule has 0 saturated carbocycles. The molecule has 1 unspecified atom stereocenters. The van der Waals surface area contributed by atoms with Crippen LogP contribution in [0.25, 0.3) is 0 Å². The molecule has 20 heavy (non-hydrogen) atoms. The molecule has 1 rings (SSSR count). The zero-order valence-electron chi connectivity index (χ0n) is 10.9. The van der Waals surface area contributed by atoms with Crippen LogP contribution in [0.15, 0.2) is 18.2 Å². The largest absolute Gasteiger partial charge is 0.468 e. The van der Waals surface area contributed by atoms with Crippen LogP contribution in [0.2, 0.25) is 0 Å². The molecule has 8 heteroatoms. The zero-order valence-corrected chi connectivity index (χ0v) is 12.5. The van der Waals surface area contributed by atoms with Crippen molar-refractivity contribution >= 4 is 33.5 Å². The van der Waals surface area contributed by atoms with Gasteiger partial charge in [-0.15, -0.1) is 0 Å². The van der Waals surface area contributed by atoms with Gasteiger partial charge in [0.05, 0.1) is 12.0 Å². The molecule has 0 aliphatic heterocycles. The van der Waals surface area contributed by atoms with Crippen molar-refractivity contribution in [1.29, 1.82) is 0 Å². The predicted octanol–water partition coefficient (Wildman–Crippen LogP) is 1.57. The molecule has 0 saturated heterocycles. The van der Waals surface area contributed by atoms with Crippen molar-refractivity contribution in [1.82, 2.24) is 5.32 Å². The van der Waals surface area contributed by atoms with Gasteiger partial charge < -0.3 is 10.1 Å². The summed E-state index contributed by atoms with van der Waals surface area (Å²) in [5.41, 5.74) is 0.203. The van der Waals surface area contributed by atoms with Crippen molar-refractivity contribution < 1.29 is 19.2 Å². The molecule has 0 aliphatic rings. The van der Waals surface area contributed by atoms with Crippen LogP contribution in [0.4, 0.5) is 5.69 Å². The molecule has 0 fully saturated rings. The number of nitro groups is 1. The Kier molecular flexibility index (Phi) is 5.63. The number of hydrogen-bond acceptors (Lipinski definition) is 5. The summed E-state index contributed by atoms with van der Waals surface area (Å²) in [6, 6.07) is 4.37. The lowest BCUT2D eigenvalue weighted by Gasteiger charge is -2.10. The van der Waals surface area contributed by atoms with Gasteiger partial charge in [-0.3, -0.25) is 19.7 Å². The molecular formula is C12H13BrN2O5. The second-order valence-corrected chi connectivity index (χ2v) is 5.03. The Bertz CT molecular complexity index is 547. The lowest BCUT2D eigenvalue weighted by molar-refractivity contribution is -0.385. The molecule has 1 amide bonds. The lowest BCUT2D eigenvalue weighted by atomic mass is 10.1. The Balaban J connectivity index is 2.88. The van der Waals surface area contributed by atoms with Gasteiger partial charge in [-0.05, 0) is 12.5 Å². The highest BCUT2D eigenvalue weighted by atomic mass is 79.9. The number of nitro benzene ring substituents is 1. The fraction of sp³-hybridized carbons (Fsp3) is 0.333. The fourth-order valence-electron chi connectivity index (χ4n) is 1.58. The van der Waals surface area contributed by atoms with Crippen molar-refractivity contribution in [2.24, 2.45) is 0 Å². The van der Waals surface area contributed by atoms with Crippen LogP contribution in [-0.4, -0.2) is 35.3 Å². The highest BCUT2D eigenvalue weighted by Gasteiger charge is 2.23. The summed E-state index contributed by atoms with van der Waals surface area (Å²) in [5, 5.41) is 13.4. The maximum atomic E-state index is 12.0. The number of alkyl halides is 1. The number of methoxy groups -OCH3 is 1. The SMILES string of the molecule is COC(=O)C(Br)CNC(=O)c1c(C)cccc1[N+](=O)[O-]. The monoisotopic (exact) mass is 344 g/mol. The van der Waals surface area contributed by atoms with E-state index in [0.29, 0.717) is 5.56 Å². The number of nitrogens with zero attached hydrogens (tertiary/aromatic N) is 1. The van der Waals surface area contributed by atoms with Crippen LogP contribution >= 0.6 is 15.9 Å². The van der Waals surface area contributed by atoms with E-state index >= 15 is 0 Å². The minimum Gasteiger partial charge on any atom is -0.468 e. The van der Waals surface area contributed by atoms with Gasteiger partial charge >= 0.3 is 5.97 Å². The van der Waals surface area contributed by atoms with Gasteiger partial charge in [0.2, 0.25) is 0 Å². The van der Waals surface area contributed by atoms with E-state index in [2.05, 4.69) is 26.0 Å². The molecule has 0 bridgehead atoms. The molecular weight excluding hydrogens is 332 g/mol. The Morgan fingerprint density at radius 2 is 2.15 bits per heavy atom. The first-order valence-corrected chi connectivity index (χ1v) is 6.54. The topological polar surface area (TPSA) is 98.5 Å². The number of rotatable bonds is 5. The third-order valence-corrected chi connectivity index (χ3v) is 3.27. The minimum absolute atomic E-state index is 0.0120. The van der Waals surface area contributed by atoms with Gasteiger partial charge in [0.25, 0.3) is 11.6 Å². The van der Waals surface area contributed by atoms with Crippen molar-refractivity contribution in [2.75, 3.05) is 13.7 Å². The van der Waals surface area contributed by atoms with E-state index in [-0.39, 0.29) is 17.8 Å². The van der Waals surface area contributed by atoms with E-state index in [9.17, 15) is 19.7 Å². The zero-order chi connectivity index (χ0) is 15.3. The summed E-state index contributed by atoms with van der Waals surface area (Å²) in [5.74, 6) is -1.15. The normalized spacial score (nSPS) is 11.6. The number of hydrogen-bond donors (Lipinski definition) is 1. The van der Waals surface area contributed by atoms with E-state index in [1.807, 2.05) is 0 Å². The first-order chi connectivity index (χ1) is 9.38. The first kappa shape index (κ1) is 16.1. The van der Waals surface area contributed by atoms with Crippen molar-refractivity contribution in [3.05, 3.63) is 39.4 Å². The lowest BCUT2D eigenvalue weighted by Crippen LogP contribution is -2.34. The number of halogens is 1. The summed E-state index contributed by atoms with van der Waals surface area (Å²) >= 11 is 3.05. The minimum atomic E-state index is -0.709. The Morgan fingerprint density at radius 3 is 2.70 bits per heavy atom. The van der Waals surface area contributed by atoms with Crippen molar-refractivity contribution in [2.45, 2.75) is 11.8 Å². The van der Waals surface area contributed by atoms with Crippen LogP contribution in [0.3, 0.4) is 0 Å². The Labute approximate surface area is 123 Å². The molecule has 1 atom stereocenters. The predicted molar refractivity (Wildman–Crippen MR) is 74.9 cm³/mol. The molecule has 1 aromatic rings. The maximum absolute atomic E-state index is 12.0. The van der Waals surface area contributed by atoms with Crippen LogP contribution in [0.5, 0.6) is 0 Å². The molecule has 0 radical (unpaired) electrons. The van der Waals surface area contributed by atoms with Gasteiger partial charge in [-0.1, -0.05) is 28.1 Å². The number of benzene rings is 1. The molecule has 0 heterocycles. The van der Waals surface area contributed by atoms with E-state index in [1.54, 1.807) is 13.0 Å². The third kappa shape index (κ3) is 3.77.